The van der Waals surface area contributed by atoms with Gasteiger partial charge < -0.3 is 25.1 Å². The predicted molar refractivity (Wildman–Crippen MR) is 218 cm³/mol. The number of hydrogen-bond donors (Lipinski definition) is 3. The molecule has 6 aromatic carbocycles. The Morgan fingerprint density at radius 1 is 0.727 bits per heavy atom. The molecular weight excluding hydrogens is 709 g/mol. The van der Waals surface area contributed by atoms with Crippen LogP contribution >= 0.6 is 11.8 Å². The number of thioether (sulfide) groups is 1. The fourth-order valence-electron chi connectivity index (χ4n) is 5.52. The summed E-state index contributed by atoms with van der Waals surface area (Å²) in [6.45, 7) is 2.26. The molecule has 0 saturated carbocycles. The van der Waals surface area contributed by atoms with Crippen molar-refractivity contribution in [3.8, 4) is 17.2 Å². The summed E-state index contributed by atoms with van der Waals surface area (Å²) in [5.41, 5.74) is 5.73. The minimum atomic E-state index is -0.496. The largest absolute Gasteiger partial charge is 0.489 e. The maximum atomic E-state index is 13.6. The van der Waals surface area contributed by atoms with Gasteiger partial charge in [-0.3, -0.25) is 14.4 Å². The second-order valence-corrected chi connectivity index (χ2v) is 13.9. The molecule has 1 aromatic heterocycles. The summed E-state index contributed by atoms with van der Waals surface area (Å²) in [4.78, 5) is 45.1. The van der Waals surface area contributed by atoms with E-state index in [-0.39, 0.29) is 11.6 Å². The molecule has 272 valence electrons. The molecule has 55 heavy (non-hydrogen) atoms. The lowest BCUT2D eigenvalue weighted by molar-refractivity contribution is -0.115. The minimum absolute atomic E-state index is 0.0671. The molecule has 10 heteroatoms. The lowest BCUT2D eigenvalue weighted by Gasteiger charge is -2.14. The van der Waals surface area contributed by atoms with Crippen LogP contribution in [0.2, 0.25) is 0 Å². The van der Waals surface area contributed by atoms with E-state index >= 15 is 0 Å². The van der Waals surface area contributed by atoms with Crippen LogP contribution in [0.1, 0.15) is 28.4 Å². The number of benzene rings is 6. The van der Waals surface area contributed by atoms with Crippen molar-refractivity contribution >= 4 is 58.0 Å². The van der Waals surface area contributed by atoms with Crippen molar-refractivity contribution in [2.24, 2.45) is 0 Å². The molecule has 9 nitrogen and oxygen atoms in total. The number of nitrogens with one attached hydrogen (secondary N) is 3. The van der Waals surface area contributed by atoms with Gasteiger partial charge in [0.05, 0.1) is 5.25 Å². The van der Waals surface area contributed by atoms with Gasteiger partial charge in [0, 0.05) is 27.4 Å². The highest BCUT2D eigenvalue weighted by molar-refractivity contribution is 8.00. The number of ether oxygens (including phenoxy) is 1. The van der Waals surface area contributed by atoms with Gasteiger partial charge in [0.15, 0.2) is 5.58 Å². The Hall–Kier alpha value is -6.91. The first kappa shape index (κ1) is 36.4. The van der Waals surface area contributed by atoms with Gasteiger partial charge in [-0.1, -0.05) is 72.8 Å². The van der Waals surface area contributed by atoms with E-state index in [9.17, 15) is 14.4 Å². The number of aromatic nitrogens is 1. The topological polar surface area (TPSA) is 123 Å². The van der Waals surface area contributed by atoms with Gasteiger partial charge in [-0.25, -0.2) is 4.98 Å². The SMILES string of the molecule is CC(Sc1ccc(NC(=O)/C(=C/c2ccc(OCc3ccccc3)cc2)NC(=O)c2ccccc2)cc1)C(=O)Nc1ccc(-c2nc3ccccc3o2)cc1. The number of anilines is 2. The highest BCUT2D eigenvalue weighted by Crippen LogP contribution is 2.28. The van der Waals surface area contributed by atoms with E-state index in [2.05, 4.69) is 20.9 Å². The van der Waals surface area contributed by atoms with E-state index in [1.165, 1.54) is 11.8 Å². The normalized spacial score (nSPS) is 11.8. The zero-order valence-electron chi connectivity index (χ0n) is 29.8. The zero-order valence-corrected chi connectivity index (χ0v) is 30.6. The summed E-state index contributed by atoms with van der Waals surface area (Å²) in [6, 6.07) is 48.0. The standard InChI is InChI=1S/C45H36N4O5S/c1-30(42(50)46-35-20-18-34(19-21-35)45-49-39-14-8-9-15-41(39)54-45)55-38-26-22-36(23-27-38)47-44(52)40(48-43(51)33-12-6-3-7-13-33)28-31-16-24-37(25-17-31)53-29-32-10-4-2-5-11-32/h2-28,30H,29H2,1H3,(H,46,50)(H,47,52)(H,48,51)/b40-28-. The molecule has 0 radical (unpaired) electrons. The second-order valence-electron chi connectivity index (χ2n) is 12.5. The number of oxazole rings is 1. The average Bonchev–Trinajstić information content (AvgIpc) is 3.66. The Kier molecular flexibility index (Phi) is 11.4. The van der Waals surface area contributed by atoms with Crippen LogP contribution in [0.3, 0.4) is 0 Å². The molecule has 7 rings (SSSR count). The van der Waals surface area contributed by atoms with Crippen LogP contribution in [-0.4, -0.2) is 28.0 Å². The average molecular weight is 745 g/mol. The van der Waals surface area contributed by atoms with E-state index in [4.69, 9.17) is 9.15 Å². The highest BCUT2D eigenvalue weighted by atomic mass is 32.2. The molecule has 1 atom stereocenters. The Morgan fingerprint density at radius 2 is 1.36 bits per heavy atom. The molecule has 0 spiro atoms. The van der Waals surface area contributed by atoms with Gasteiger partial charge in [-0.05, 0) is 109 Å². The molecule has 0 aliphatic heterocycles. The molecule has 1 heterocycles. The lowest BCUT2D eigenvalue weighted by atomic mass is 10.1. The fraction of sp³-hybridized carbons (Fsp3) is 0.0667. The van der Waals surface area contributed by atoms with Gasteiger partial charge in [0.25, 0.3) is 11.8 Å². The van der Waals surface area contributed by atoms with Gasteiger partial charge >= 0.3 is 0 Å². The summed E-state index contributed by atoms with van der Waals surface area (Å²) >= 11 is 1.39. The molecule has 0 saturated heterocycles. The second kappa shape index (κ2) is 17.3. The van der Waals surface area contributed by atoms with E-state index in [0.29, 0.717) is 46.3 Å². The monoisotopic (exact) mass is 744 g/mol. The van der Waals surface area contributed by atoms with E-state index in [1.807, 2.05) is 128 Å². The summed E-state index contributed by atoms with van der Waals surface area (Å²) in [7, 11) is 0. The Bertz CT molecular complexity index is 2400. The zero-order chi connectivity index (χ0) is 38.0. The number of carbonyl (C=O) groups excluding carboxylic acids is 3. The molecule has 0 aliphatic rings. The number of fused-ring (bicyclic) bond motifs is 1. The summed E-state index contributed by atoms with van der Waals surface area (Å²) in [5.74, 6) is 0.127. The maximum absolute atomic E-state index is 13.6. The first-order valence-electron chi connectivity index (χ1n) is 17.6. The van der Waals surface area contributed by atoms with E-state index in [0.717, 1.165) is 21.5 Å². The summed E-state index contributed by atoms with van der Waals surface area (Å²) in [5, 5.41) is 8.21. The van der Waals surface area contributed by atoms with Crippen LogP contribution in [0.5, 0.6) is 5.75 Å². The number of amides is 3. The molecule has 0 bridgehead atoms. The molecular formula is C45H36N4O5S. The van der Waals surface area contributed by atoms with Crippen molar-refractivity contribution in [2.45, 2.75) is 23.7 Å². The van der Waals surface area contributed by atoms with Crippen molar-refractivity contribution in [3.05, 3.63) is 180 Å². The van der Waals surface area contributed by atoms with Gasteiger partial charge in [-0.15, -0.1) is 11.8 Å². The van der Waals surface area contributed by atoms with Gasteiger partial charge in [0.1, 0.15) is 23.6 Å². The van der Waals surface area contributed by atoms with Crippen LogP contribution in [0.4, 0.5) is 11.4 Å². The number of nitrogens with zero attached hydrogens (tertiary/aromatic N) is 1. The highest BCUT2D eigenvalue weighted by Gasteiger charge is 2.18. The summed E-state index contributed by atoms with van der Waals surface area (Å²) < 4.78 is 11.8. The first-order chi connectivity index (χ1) is 26.9. The molecule has 7 aromatic rings. The molecule has 0 fully saturated rings. The van der Waals surface area contributed by atoms with Crippen molar-refractivity contribution in [1.29, 1.82) is 0 Å². The van der Waals surface area contributed by atoms with Crippen LogP contribution < -0.4 is 20.7 Å². The molecule has 0 aliphatic carbocycles. The molecule has 1 unspecified atom stereocenters. The summed E-state index contributed by atoms with van der Waals surface area (Å²) in [6.07, 6.45) is 1.62. The van der Waals surface area contributed by atoms with Crippen molar-refractivity contribution in [3.63, 3.8) is 0 Å². The smallest absolute Gasteiger partial charge is 0.272 e. The Morgan fingerprint density at radius 3 is 2.07 bits per heavy atom. The number of rotatable bonds is 13. The van der Waals surface area contributed by atoms with Crippen LogP contribution in [0.25, 0.3) is 28.6 Å². The predicted octanol–water partition coefficient (Wildman–Crippen LogP) is 9.60. The maximum Gasteiger partial charge on any atom is 0.272 e. The third-order valence-corrected chi connectivity index (χ3v) is 9.57. The van der Waals surface area contributed by atoms with Crippen LogP contribution in [0, 0.1) is 0 Å². The molecule has 3 N–H and O–H groups in total. The van der Waals surface area contributed by atoms with Crippen molar-refractivity contribution in [1.82, 2.24) is 10.3 Å². The number of carbonyl (C=O) groups is 3. The van der Waals surface area contributed by atoms with E-state index < -0.39 is 17.1 Å². The number of hydrogen-bond acceptors (Lipinski definition) is 7. The quantitative estimate of drug-likeness (QED) is 0.0794. The fourth-order valence-corrected chi connectivity index (χ4v) is 6.39. The Labute approximate surface area is 322 Å². The third kappa shape index (κ3) is 9.75. The lowest BCUT2D eigenvalue weighted by Crippen LogP contribution is -2.30. The Balaban J connectivity index is 0.966. The minimum Gasteiger partial charge on any atom is -0.489 e. The van der Waals surface area contributed by atoms with Crippen molar-refractivity contribution < 1.29 is 23.5 Å². The van der Waals surface area contributed by atoms with Crippen LogP contribution in [0.15, 0.2) is 173 Å². The van der Waals surface area contributed by atoms with Gasteiger partial charge in [0.2, 0.25) is 11.8 Å². The van der Waals surface area contributed by atoms with Gasteiger partial charge in [-0.2, -0.15) is 0 Å². The molecule has 3 amide bonds. The number of para-hydroxylation sites is 2. The van der Waals surface area contributed by atoms with E-state index in [1.54, 1.807) is 42.5 Å². The van der Waals surface area contributed by atoms with Crippen LogP contribution in [-0.2, 0) is 16.2 Å². The first-order valence-corrected chi connectivity index (χ1v) is 18.4. The third-order valence-electron chi connectivity index (χ3n) is 8.46. The van der Waals surface area contributed by atoms with Crippen molar-refractivity contribution in [2.75, 3.05) is 10.6 Å².